The molecular formula is C15H24N2O. The van der Waals surface area contributed by atoms with Gasteiger partial charge in [-0.15, -0.1) is 0 Å². The van der Waals surface area contributed by atoms with Gasteiger partial charge in [0.1, 0.15) is 5.75 Å². The number of benzene rings is 1. The number of nitrogens with one attached hydrogen (secondary N) is 1. The fourth-order valence-electron chi connectivity index (χ4n) is 2.59. The van der Waals surface area contributed by atoms with Gasteiger partial charge in [-0.3, -0.25) is 0 Å². The predicted molar refractivity (Wildman–Crippen MR) is 75.0 cm³/mol. The van der Waals surface area contributed by atoms with Gasteiger partial charge >= 0.3 is 0 Å². The van der Waals surface area contributed by atoms with Gasteiger partial charge in [-0.1, -0.05) is 12.1 Å². The summed E-state index contributed by atoms with van der Waals surface area (Å²) in [5.74, 6) is 1.77. The standard InChI is InChI=1S/C15H24N2O/c1-11-7-12(3-4-15(11)18-2)5-6-17-10-13-8-14(16)9-13/h3-4,7,13-14,17H,5-6,8-10,16H2,1-2H3. The van der Waals surface area contributed by atoms with Gasteiger partial charge < -0.3 is 15.8 Å². The Morgan fingerprint density at radius 3 is 2.78 bits per heavy atom. The van der Waals surface area contributed by atoms with E-state index in [0.717, 1.165) is 31.2 Å². The van der Waals surface area contributed by atoms with Crippen molar-refractivity contribution in [2.45, 2.75) is 32.2 Å². The molecule has 0 spiro atoms. The van der Waals surface area contributed by atoms with Crippen LogP contribution in [0, 0.1) is 12.8 Å². The average Bonchev–Trinajstić information content (AvgIpc) is 2.32. The lowest BCUT2D eigenvalue weighted by atomic mass is 9.81. The highest BCUT2D eigenvalue weighted by Crippen LogP contribution is 2.24. The summed E-state index contributed by atoms with van der Waals surface area (Å²) < 4.78 is 5.26. The maximum atomic E-state index is 5.77. The van der Waals surface area contributed by atoms with E-state index in [1.54, 1.807) is 7.11 Å². The van der Waals surface area contributed by atoms with Crippen LogP contribution < -0.4 is 15.8 Å². The highest BCUT2D eigenvalue weighted by molar-refractivity contribution is 5.36. The second-order valence-electron chi connectivity index (χ2n) is 5.36. The van der Waals surface area contributed by atoms with Gasteiger partial charge in [0, 0.05) is 6.04 Å². The Morgan fingerprint density at radius 2 is 2.17 bits per heavy atom. The van der Waals surface area contributed by atoms with Crippen LogP contribution in [0.1, 0.15) is 24.0 Å². The van der Waals surface area contributed by atoms with E-state index in [9.17, 15) is 0 Å². The normalized spacial score (nSPS) is 22.6. The summed E-state index contributed by atoms with van der Waals surface area (Å²) >= 11 is 0. The van der Waals surface area contributed by atoms with Crippen molar-refractivity contribution in [3.8, 4) is 5.75 Å². The number of aryl methyl sites for hydroxylation is 1. The molecule has 0 heterocycles. The Morgan fingerprint density at radius 1 is 1.39 bits per heavy atom. The van der Waals surface area contributed by atoms with E-state index >= 15 is 0 Å². The molecule has 18 heavy (non-hydrogen) atoms. The molecule has 1 saturated carbocycles. The lowest BCUT2D eigenvalue weighted by molar-refractivity contribution is 0.257. The van der Waals surface area contributed by atoms with E-state index in [-0.39, 0.29) is 0 Å². The van der Waals surface area contributed by atoms with Gasteiger partial charge in [-0.05, 0) is 62.4 Å². The molecule has 0 aliphatic heterocycles. The van der Waals surface area contributed by atoms with E-state index in [2.05, 4.69) is 30.4 Å². The minimum absolute atomic E-state index is 0.459. The number of rotatable bonds is 6. The zero-order valence-electron chi connectivity index (χ0n) is 11.4. The molecule has 0 bridgehead atoms. The third-order valence-corrected chi connectivity index (χ3v) is 3.75. The highest BCUT2D eigenvalue weighted by Gasteiger charge is 2.24. The second kappa shape index (κ2) is 6.21. The molecule has 2 rings (SSSR count). The lowest BCUT2D eigenvalue weighted by Crippen LogP contribution is -2.41. The smallest absolute Gasteiger partial charge is 0.121 e. The Labute approximate surface area is 110 Å². The fraction of sp³-hybridized carbons (Fsp3) is 0.600. The molecular weight excluding hydrogens is 224 g/mol. The highest BCUT2D eigenvalue weighted by atomic mass is 16.5. The molecule has 1 aromatic rings. The Kier molecular flexibility index (Phi) is 4.61. The Balaban J connectivity index is 1.68. The van der Waals surface area contributed by atoms with Crippen LogP contribution in [-0.2, 0) is 6.42 Å². The summed E-state index contributed by atoms with van der Waals surface area (Å²) in [6.45, 7) is 4.24. The molecule has 100 valence electrons. The largest absolute Gasteiger partial charge is 0.496 e. The quantitative estimate of drug-likeness (QED) is 0.756. The topological polar surface area (TPSA) is 47.3 Å². The summed E-state index contributed by atoms with van der Waals surface area (Å²) in [7, 11) is 1.72. The van der Waals surface area contributed by atoms with Crippen LogP contribution in [0.4, 0.5) is 0 Å². The summed E-state index contributed by atoms with van der Waals surface area (Å²) in [5, 5.41) is 3.52. The van der Waals surface area contributed by atoms with Gasteiger partial charge in [-0.2, -0.15) is 0 Å². The minimum atomic E-state index is 0.459. The van der Waals surface area contributed by atoms with Crippen molar-refractivity contribution in [3.63, 3.8) is 0 Å². The SMILES string of the molecule is COc1ccc(CCNCC2CC(N)C2)cc1C. The van der Waals surface area contributed by atoms with Crippen LogP contribution >= 0.6 is 0 Å². The molecule has 3 nitrogen and oxygen atoms in total. The molecule has 0 aromatic heterocycles. The molecule has 0 atom stereocenters. The van der Waals surface area contributed by atoms with Crippen molar-refractivity contribution < 1.29 is 4.74 Å². The van der Waals surface area contributed by atoms with E-state index in [0.29, 0.717) is 6.04 Å². The van der Waals surface area contributed by atoms with Crippen molar-refractivity contribution in [3.05, 3.63) is 29.3 Å². The first-order chi connectivity index (χ1) is 8.69. The Hall–Kier alpha value is -1.06. The van der Waals surface area contributed by atoms with Crippen molar-refractivity contribution in [2.24, 2.45) is 11.7 Å². The lowest BCUT2D eigenvalue weighted by Gasteiger charge is -2.32. The first-order valence-corrected chi connectivity index (χ1v) is 6.79. The summed E-state index contributed by atoms with van der Waals surface area (Å²) in [4.78, 5) is 0. The molecule has 1 aliphatic carbocycles. The minimum Gasteiger partial charge on any atom is -0.496 e. The molecule has 0 radical (unpaired) electrons. The van der Waals surface area contributed by atoms with E-state index < -0.39 is 0 Å². The van der Waals surface area contributed by atoms with Crippen LogP contribution in [0.15, 0.2) is 18.2 Å². The van der Waals surface area contributed by atoms with Gasteiger partial charge in [-0.25, -0.2) is 0 Å². The van der Waals surface area contributed by atoms with Crippen molar-refractivity contribution >= 4 is 0 Å². The number of methoxy groups -OCH3 is 1. The molecule has 0 amide bonds. The maximum absolute atomic E-state index is 5.77. The third kappa shape index (κ3) is 3.47. The van der Waals surface area contributed by atoms with Gasteiger partial charge in [0.15, 0.2) is 0 Å². The van der Waals surface area contributed by atoms with Gasteiger partial charge in [0.25, 0.3) is 0 Å². The molecule has 0 unspecified atom stereocenters. The number of hydrogen-bond donors (Lipinski definition) is 2. The molecule has 1 fully saturated rings. The average molecular weight is 248 g/mol. The molecule has 1 aliphatic rings. The first kappa shape index (κ1) is 13.4. The zero-order chi connectivity index (χ0) is 13.0. The van der Waals surface area contributed by atoms with Crippen LogP contribution in [0.3, 0.4) is 0 Å². The second-order valence-corrected chi connectivity index (χ2v) is 5.36. The van der Waals surface area contributed by atoms with Gasteiger partial charge in [0.2, 0.25) is 0 Å². The Bertz CT molecular complexity index is 386. The molecule has 1 aromatic carbocycles. The predicted octanol–water partition coefficient (Wildman–Crippen LogP) is 1.87. The van der Waals surface area contributed by atoms with E-state index in [4.69, 9.17) is 10.5 Å². The van der Waals surface area contributed by atoms with Crippen molar-refractivity contribution in [1.82, 2.24) is 5.32 Å². The summed E-state index contributed by atoms with van der Waals surface area (Å²) in [6.07, 6.45) is 3.45. The number of hydrogen-bond acceptors (Lipinski definition) is 3. The maximum Gasteiger partial charge on any atom is 0.121 e. The number of ether oxygens (including phenoxy) is 1. The number of nitrogens with two attached hydrogens (primary N) is 1. The molecule has 3 N–H and O–H groups in total. The molecule has 0 saturated heterocycles. The van der Waals surface area contributed by atoms with E-state index in [1.807, 2.05) is 0 Å². The van der Waals surface area contributed by atoms with Gasteiger partial charge in [0.05, 0.1) is 7.11 Å². The van der Waals surface area contributed by atoms with Crippen LogP contribution in [0.25, 0.3) is 0 Å². The monoisotopic (exact) mass is 248 g/mol. The van der Waals surface area contributed by atoms with Crippen molar-refractivity contribution in [2.75, 3.05) is 20.2 Å². The summed E-state index contributed by atoms with van der Waals surface area (Å²) in [6, 6.07) is 6.86. The van der Waals surface area contributed by atoms with Crippen molar-refractivity contribution in [1.29, 1.82) is 0 Å². The third-order valence-electron chi connectivity index (χ3n) is 3.75. The fourth-order valence-corrected chi connectivity index (χ4v) is 2.59. The molecule has 3 heteroatoms. The van der Waals surface area contributed by atoms with Crippen LogP contribution in [0.5, 0.6) is 5.75 Å². The summed E-state index contributed by atoms with van der Waals surface area (Å²) in [5.41, 5.74) is 8.34. The first-order valence-electron chi connectivity index (χ1n) is 6.79. The zero-order valence-corrected chi connectivity index (χ0v) is 11.4. The van der Waals surface area contributed by atoms with Crippen LogP contribution in [0.2, 0.25) is 0 Å². The van der Waals surface area contributed by atoms with Crippen LogP contribution in [-0.4, -0.2) is 26.2 Å². The van der Waals surface area contributed by atoms with E-state index in [1.165, 1.54) is 24.0 Å².